The van der Waals surface area contributed by atoms with Crippen LogP contribution in [0.15, 0.2) is 21.5 Å². The smallest absolute Gasteiger partial charge is 0.267 e. The first kappa shape index (κ1) is 15.4. The second kappa shape index (κ2) is 5.96. The molecule has 1 rings (SSSR count). The first-order valence-corrected chi connectivity index (χ1v) is 7.39. The Labute approximate surface area is 114 Å². The van der Waals surface area contributed by atoms with Crippen LogP contribution in [-0.2, 0) is 14.9 Å². The van der Waals surface area contributed by atoms with Gasteiger partial charge in [0.25, 0.3) is 10.0 Å². The van der Waals surface area contributed by atoms with Gasteiger partial charge in [0.05, 0.1) is 17.3 Å². The van der Waals surface area contributed by atoms with Crippen molar-refractivity contribution in [2.24, 2.45) is 0 Å². The molecular formula is C10H14BrFN2O3S. The fourth-order valence-electron chi connectivity index (χ4n) is 1.37. The number of hydrogen-bond acceptors (Lipinski definition) is 4. The first-order chi connectivity index (χ1) is 8.34. The summed E-state index contributed by atoms with van der Waals surface area (Å²) in [6, 6.07) is 2.08. The molecule has 0 radical (unpaired) electrons. The molecule has 1 aromatic rings. The summed E-state index contributed by atoms with van der Waals surface area (Å²) >= 11 is 2.93. The second-order valence-corrected chi connectivity index (χ2v) is 6.17. The van der Waals surface area contributed by atoms with E-state index in [4.69, 9.17) is 10.6 Å². The maximum atomic E-state index is 13.2. The van der Waals surface area contributed by atoms with Crippen molar-refractivity contribution in [3.05, 3.63) is 22.4 Å². The van der Waals surface area contributed by atoms with Crippen molar-refractivity contribution in [1.29, 1.82) is 0 Å². The summed E-state index contributed by atoms with van der Waals surface area (Å²) in [5.41, 5.74) is 5.38. The van der Waals surface area contributed by atoms with Crippen LogP contribution in [0.2, 0.25) is 0 Å². The van der Waals surface area contributed by atoms with Crippen molar-refractivity contribution < 1.29 is 17.6 Å². The number of nitrogens with zero attached hydrogens (tertiary/aromatic N) is 1. The van der Waals surface area contributed by atoms with E-state index in [0.717, 1.165) is 16.6 Å². The molecule has 0 fully saturated rings. The summed E-state index contributed by atoms with van der Waals surface area (Å²) in [4.78, 5) is 4.63. The van der Waals surface area contributed by atoms with Gasteiger partial charge in [-0.1, -0.05) is 11.4 Å². The highest BCUT2D eigenvalue weighted by Crippen LogP contribution is 2.28. The fraction of sp³-hybridized carbons (Fsp3) is 0.400. The number of nitrogens with two attached hydrogens (primary N) is 1. The Bertz CT molecular complexity index is 536. The number of rotatable bonds is 5. The molecule has 5 nitrogen and oxygen atoms in total. The van der Waals surface area contributed by atoms with Crippen LogP contribution in [0.3, 0.4) is 0 Å². The minimum Gasteiger partial charge on any atom is -0.398 e. The Morgan fingerprint density at radius 2 is 2.11 bits per heavy atom. The largest absolute Gasteiger partial charge is 0.398 e. The summed E-state index contributed by atoms with van der Waals surface area (Å²) < 4.78 is 38.5. The minimum atomic E-state index is -3.89. The summed E-state index contributed by atoms with van der Waals surface area (Å²) in [6.07, 6.45) is 0.579. The van der Waals surface area contributed by atoms with Crippen molar-refractivity contribution in [3.8, 4) is 0 Å². The normalized spacial score (nSPS) is 12.1. The Morgan fingerprint density at radius 1 is 1.50 bits per heavy atom. The molecule has 102 valence electrons. The zero-order valence-electron chi connectivity index (χ0n) is 9.98. The zero-order chi connectivity index (χ0) is 13.9. The van der Waals surface area contributed by atoms with Gasteiger partial charge >= 0.3 is 0 Å². The van der Waals surface area contributed by atoms with Crippen LogP contribution < -0.4 is 5.73 Å². The summed E-state index contributed by atoms with van der Waals surface area (Å²) in [6.45, 7) is 2.00. The number of nitrogen functional groups attached to an aromatic ring is 1. The van der Waals surface area contributed by atoms with Gasteiger partial charge in [-0.3, -0.25) is 4.84 Å². The molecule has 8 heteroatoms. The number of sulfonamides is 1. The predicted molar refractivity (Wildman–Crippen MR) is 69.7 cm³/mol. The van der Waals surface area contributed by atoms with Crippen molar-refractivity contribution in [1.82, 2.24) is 4.47 Å². The molecule has 0 saturated carbocycles. The van der Waals surface area contributed by atoms with Crippen molar-refractivity contribution in [3.63, 3.8) is 0 Å². The molecule has 0 aliphatic heterocycles. The van der Waals surface area contributed by atoms with E-state index in [9.17, 15) is 12.8 Å². The molecule has 2 N–H and O–H groups in total. The van der Waals surface area contributed by atoms with Crippen LogP contribution in [0.25, 0.3) is 0 Å². The van der Waals surface area contributed by atoms with Crippen LogP contribution >= 0.6 is 15.9 Å². The number of halogens is 2. The average Bonchev–Trinajstić information content (AvgIpc) is 2.30. The molecule has 0 saturated heterocycles. The van der Waals surface area contributed by atoms with Gasteiger partial charge in [0.1, 0.15) is 10.7 Å². The molecule has 0 aliphatic carbocycles. The van der Waals surface area contributed by atoms with Gasteiger partial charge in [-0.05, 0) is 34.5 Å². The van der Waals surface area contributed by atoms with Gasteiger partial charge in [0, 0.05) is 6.54 Å². The highest BCUT2D eigenvalue weighted by molar-refractivity contribution is 9.10. The second-order valence-electron chi connectivity index (χ2n) is 3.52. The standard InChI is InChI=1S/C10H14BrFN2O3S/c1-3-4-14(17-2)18(15,16)10-5-7(11)8(12)6-9(10)13/h5-6H,3-4,13H2,1-2H3. The highest BCUT2D eigenvalue weighted by atomic mass is 79.9. The third-order valence-electron chi connectivity index (χ3n) is 2.21. The van der Waals surface area contributed by atoms with Crippen LogP contribution in [0.1, 0.15) is 13.3 Å². The molecule has 0 spiro atoms. The van der Waals surface area contributed by atoms with E-state index in [2.05, 4.69) is 15.9 Å². The third-order valence-corrected chi connectivity index (χ3v) is 4.59. The molecule has 0 bridgehead atoms. The number of benzene rings is 1. The van der Waals surface area contributed by atoms with E-state index in [1.54, 1.807) is 0 Å². The quantitative estimate of drug-likeness (QED) is 0.658. The van der Waals surface area contributed by atoms with Crippen LogP contribution in [0.4, 0.5) is 10.1 Å². The molecule has 0 atom stereocenters. The Hall–Kier alpha value is -0.700. The lowest BCUT2D eigenvalue weighted by Crippen LogP contribution is -2.31. The fourth-order valence-corrected chi connectivity index (χ4v) is 3.33. The van der Waals surface area contributed by atoms with Crippen LogP contribution in [-0.4, -0.2) is 26.5 Å². The molecule has 1 aromatic carbocycles. The Kier molecular flexibility index (Phi) is 5.09. The van der Waals surface area contributed by atoms with Crippen molar-refractivity contribution in [2.75, 3.05) is 19.4 Å². The minimum absolute atomic E-state index is 0.0304. The summed E-state index contributed by atoms with van der Waals surface area (Å²) in [7, 11) is -2.64. The zero-order valence-corrected chi connectivity index (χ0v) is 12.4. The Balaban J connectivity index is 3.32. The first-order valence-electron chi connectivity index (χ1n) is 5.16. The third kappa shape index (κ3) is 3.00. The van der Waals surface area contributed by atoms with Gasteiger partial charge in [-0.2, -0.15) is 0 Å². The number of hydrogen-bond donors (Lipinski definition) is 1. The summed E-state index contributed by atoms with van der Waals surface area (Å²) in [5, 5.41) is 0. The molecule has 0 heterocycles. The van der Waals surface area contributed by atoms with E-state index in [1.165, 1.54) is 7.11 Å². The highest BCUT2D eigenvalue weighted by Gasteiger charge is 2.27. The van der Waals surface area contributed by atoms with E-state index in [0.29, 0.717) is 6.42 Å². The van der Waals surface area contributed by atoms with E-state index < -0.39 is 15.8 Å². The Morgan fingerprint density at radius 3 is 2.61 bits per heavy atom. The van der Waals surface area contributed by atoms with Crippen LogP contribution in [0.5, 0.6) is 0 Å². The maximum absolute atomic E-state index is 13.2. The lowest BCUT2D eigenvalue weighted by atomic mass is 10.3. The molecule has 18 heavy (non-hydrogen) atoms. The SMILES string of the molecule is CCCN(OC)S(=O)(=O)c1cc(Br)c(F)cc1N. The van der Waals surface area contributed by atoms with Crippen molar-refractivity contribution in [2.45, 2.75) is 18.2 Å². The van der Waals surface area contributed by atoms with E-state index in [-0.39, 0.29) is 21.6 Å². The van der Waals surface area contributed by atoms with Gasteiger partial charge in [0.2, 0.25) is 0 Å². The molecule has 0 aliphatic rings. The van der Waals surface area contributed by atoms with E-state index in [1.807, 2.05) is 6.92 Å². The lowest BCUT2D eigenvalue weighted by Gasteiger charge is -2.19. The van der Waals surface area contributed by atoms with Gasteiger partial charge in [0.15, 0.2) is 0 Å². The van der Waals surface area contributed by atoms with Crippen molar-refractivity contribution >= 4 is 31.6 Å². The maximum Gasteiger partial charge on any atom is 0.267 e. The number of hydroxylamine groups is 1. The number of anilines is 1. The topological polar surface area (TPSA) is 72.6 Å². The van der Waals surface area contributed by atoms with Gasteiger partial charge in [-0.25, -0.2) is 12.8 Å². The van der Waals surface area contributed by atoms with Crippen LogP contribution in [0, 0.1) is 5.82 Å². The predicted octanol–water partition coefficient (Wildman–Crippen LogP) is 2.13. The monoisotopic (exact) mass is 340 g/mol. The molecular weight excluding hydrogens is 327 g/mol. The molecule has 0 aromatic heterocycles. The molecule has 0 unspecified atom stereocenters. The average molecular weight is 341 g/mol. The van der Waals surface area contributed by atoms with Gasteiger partial charge in [-0.15, -0.1) is 0 Å². The van der Waals surface area contributed by atoms with E-state index >= 15 is 0 Å². The lowest BCUT2D eigenvalue weighted by molar-refractivity contribution is -0.0482. The molecule has 0 amide bonds. The van der Waals surface area contributed by atoms with Gasteiger partial charge < -0.3 is 5.73 Å². The summed E-state index contributed by atoms with van der Waals surface area (Å²) in [5.74, 6) is -0.620.